The van der Waals surface area contributed by atoms with E-state index in [0.717, 1.165) is 66.7 Å². The molecule has 186 valence electrons. The summed E-state index contributed by atoms with van der Waals surface area (Å²) in [5.41, 5.74) is 2.96. The van der Waals surface area contributed by atoms with Gasteiger partial charge in [0, 0.05) is 38.3 Å². The van der Waals surface area contributed by atoms with E-state index in [0.29, 0.717) is 18.4 Å². The maximum Gasteiger partial charge on any atom is 0.410 e. The fraction of sp³-hybridized carbons (Fsp3) is 0.538. The standard InChI is InChI=1S/C26H34N6O3/c1-6-30-16-27-22-21(17-7-9-20(34-5)10-8-17)28-24(29-23(22)30)32-13-18-11-12-31(14-19(18)15-32)25(33)35-26(2,3)4/h7-10,16,18-19H,6,11-15H2,1-5H3. The minimum atomic E-state index is -0.487. The van der Waals surface area contributed by atoms with Gasteiger partial charge in [-0.05, 0) is 70.2 Å². The topological polar surface area (TPSA) is 85.6 Å². The van der Waals surface area contributed by atoms with Crippen molar-refractivity contribution in [1.82, 2.24) is 24.4 Å². The van der Waals surface area contributed by atoms with Crippen LogP contribution in [-0.2, 0) is 11.3 Å². The summed E-state index contributed by atoms with van der Waals surface area (Å²) in [5.74, 6) is 2.40. The van der Waals surface area contributed by atoms with E-state index in [4.69, 9.17) is 19.4 Å². The summed E-state index contributed by atoms with van der Waals surface area (Å²) in [6, 6.07) is 7.90. The fourth-order valence-electron chi connectivity index (χ4n) is 5.08. The molecule has 1 aromatic carbocycles. The fourth-order valence-corrected chi connectivity index (χ4v) is 5.08. The molecular weight excluding hydrogens is 444 g/mol. The van der Waals surface area contributed by atoms with Crippen molar-refractivity contribution in [2.24, 2.45) is 11.8 Å². The molecule has 0 aliphatic carbocycles. The third kappa shape index (κ3) is 4.63. The molecule has 35 heavy (non-hydrogen) atoms. The molecule has 0 saturated carbocycles. The molecule has 0 spiro atoms. The van der Waals surface area contributed by atoms with E-state index in [9.17, 15) is 4.79 Å². The number of piperidine rings is 1. The number of hydrogen-bond donors (Lipinski definition) is 0. The number of likely N-dealkylation sites (tertiary alicyclic amines) is 1. The van der Waals surface area contributed by atoms with Crippen molar-refractivity contribution in [2.75, 3.05) is 38.2 Å². The molecule has 1 amide bonds. The highest BCUT2D eigenvalue weighted by molar-refractivity contribution is 5.88. The van der Waals surface area contributed by atoms with E-state index in [1.807, 2.05) is 56.3 Å². The number of carbonyl (C=O) groups excluding carboxylic acids is 1. The van der Waals surface area contributed by atoms with E-state index >= 15 is 0 Å². The summed E-state index contributed by atoms with van der Waals surface area (Å²) in [6.45, 7) is 11.7. The summed E-state index contributed by atoms with van der Waals surface area (Å²) in [7, 11) is 1.66. The Morgan fingerprint density at radius 3 is 2.51 bits per heavy atom. The summed E-state index contributed by atoms with van der Waals surface area (Å²) >= 11 is 0. The number of rotatable bonds is 4. The van der Waals surface area contributed by atoms with Crippen LogP contribution in [0.2, 0.25) is 0 Å². The Balaban J connectivity index is 1.43. The maximum absolute atomic E-state index is 12.6. The third-order valence-electron chi connectivity index (χ3n) is 6.89. The molecule has 9 heteroatoms. The van der Waals surface area contributed by atoms with Crippen molar-refractivity contribution < 1.29 is 14.3 Å². The second kappa shape index (κ2) is 9.02. The third-order valence-corrected chi connectivity index (χ3v) is 6.89. The first-order valence-electron chi connectivity index (χ1n) is 12.4. The van der Waals surface area contributed by atoms with E-state index in [1.54, 1.807) is 7.11 Å². The molecule has 2 unspecified atom stereocenters. The van der Waals surface area contributed by atoms with Crippen LogP contribution in [0.4, 0.5) is 10.7 Å². The highest BCUT2D eigenvalue weighted by Gasteiger charge is 2.40. The lowest BCUT2D eigenvalue weighted by Gasteiger charge is -2.35. The number of fused-ring (bicyclic) bond motifs is 2. The number of amides is 1. The minimum absolute atomic E-state index is 0.222. The molecule has 2 aliphatic rings. The summed E-state index contributed by atoms with van der Waals surface area (Å²) in [5, 5.41) is 0. The number of hydrogen-bond acceptors (Lipinski definition) is 7. The van der Waals surface area contributed by atoms with Gasteiger partial charge in [0.1, 0.15) is 22.6 Å². The average molecular weight is 479 g/mol. The molecule has 3 aromatic rings. The average Bonchev–Trinajstić information content (AvgIpc) is 3.45. The number of anilines is 1. The van der Waals surface area contributed by atoms with Crippen molar-refractivity contribution in [3.8, 4) is 17.0 Å². The zero-order valence-corrected chi connectivity index (χ0v) is 21.2. The van der Waals surface area contributed by atoms with Crippen LogP contribution in [0.1, 0.15) is 34.1 Å². The van der Waals surface area contributed by atoms with Gasteiger partial charge < -0.3 is 23.8 Å². The molecule has 2 saturated heterocycles. The molecule has 0 radical (unpaired) electrons. The first-order chi connectivity index (χ1) is 16.8. The van der Waals surface area contributed by atoms with Crippen molar-refractivity contribution in [1.29, 1.82) is 0 Å². The lowest BCUT2D eigenvalue weighted by atomic mass is 9.89. The van der Waals surface area contributed by atoms with Crippen LogP contribution >= 0.6 is 0 Å². The highest BCUT2D eigenvalue weighted by Crippen LogP contribution is 2.35. The highest BCUT2D eigenvalue weighted by atomic mass is 16.6. The van der Waals surface area contributed by atoms with Crippen LogP contribution < -0.4 is 9.64 Å². The molecule has 2 fully saturated rings. The van der Waals surface area contributed by atoms with E-state index in [-0.39, 0.29) is 6.09 Å². The maximum atomic E-state index is 12.6. The Bertz CT molecular complexity index is 1220. The Hall–Kier alpha value is -3.36. The Morgan fingerprint density at radius 2 is 1.83 bits per heavy atom. The van der Waals surface area contributed by atoms with Crippen molar-refractivity contribution in [2.45, 2.75) is 46.3 Å². The van der Waals surface area contributed by atoms with Crippen LogP contribution in [-0.4, -0.2) is 69.4 Å². The van der Waals surface area contributed by atoms with Gasteiger partial charge in [-0.15, -0.1) is 0 Å². The van der Waals surface area contributed by atoms with E-state index < -0.39 is 5.60 Å². The number of ether oxygens (including phenoxy) is 2. The van der Waals surface area contributed by atoms with Crippen LogP contribution in [0, 0.1) is 11.8 Å². The largest absolute Gasteiger partial charge is 0.497 e. The number of carbonyl (C=O) groups is 1. The summed E-state index contributed by atoms with van der Waals surface area (Å²) < 4.78 is 13.0. The number of imidazole rings is 1. The molecule has 2 atom stereocenters. The predicted octanol–water partition coefficient (Wildman–Crippen LogP) is 4.22. The molecule has 2 aliphatic heterocycles. The lowest BCUT2D eigenvalue weighted by Crippen LogP contribution is -2.45. The molecule has 4 heterocycles. The lowest BCUT2D eigenvalue weighted by molar-refractivity contribution is 0.0140. The second-order valence-corrected chi connectivity index (χ2v) is 10.4. The molecule has 5 rings (SSSR count). The number of nitrogens with zero attached hydrogens (tertiary/aromatic N) is 6. The Morgan fingerprint density at radius 1 is 1.09 bits per heavy atom. The number of aromatic nitrogens is 4. The van der Waals surface area contributed by atoms with Gasteiger partial charge in [0.15, 0.2) is 5.65 Å². The van der Waals surface area contributed by atoms with Gasteiger partial charge in [-0.25, -0.2) is 14.8 Å². The van der Waals surface area contributed by atoms with Crippen LogP contribution in [0.3, 0.4) is 0 Å². The molecule has 0 bridgehead atoms. The zero-order chi connectivity index (χ0) is 24.7. The Labute approximate surface area is 206 Å². The number of benzene rings is 1. The van der Waals surface area contributed by atoms with Gasteiger partial charge in [0.25, 0.3) is 0 Å². The summed E-state index contributed by atoms with van der Waals surface area (Å²) in [6.07, 6.45) is 2.57. The molecule has 2 aromatic heterocycles. The SMILES string of the molecule is CCn1cnc2c(-c3ccc(OC)cc3)nc(N3CC4CCN(C(=O)OC(C)(C)C)CC4C3)nc21. The van der Waals surface area contributed by atoms with Gasteiger partial charge in [-0.3, -0.25) is 0 Å². The molecule has 0 N–H and O–H groups in total. The first-order valence-corrected chi connectivity index (χ1v) is 12.4. The summed E-state index contributed by atoms with van der Waals surface area (Å²) in [4.78, 5) is 31.4. The Kier molecular flexibility index (Phi) is 6.02. The van der Waals surface area contributed by atoms with Crippen LogP contribution in [0.15, 0.2) is 30.6 Å². The van der Waals surface area contributed by atoms with E-state index in [2.05, 4.69) is 21.4 Å². The van der Waals surface area contributed by atoms with Crippen molar-refractivity contribution >= 4 is 23.2 Å². The van der Waals surface area contributed by atoms with E-state index in [1.165, 1.54) is 0 Å². The smallest absolute Gasteiger partial charge is 0.410 e. The predicted molar refractivity (Wildman–Crippen MR) is 135 cm³/mol. The molecular formula is C26H34N6O3. The molecule has 9 nitrogen and oxygen atoms in total. The van der Waals surface area contributed by atoms with Crippen LogP contribution in [0.5, 0.6) is 5.75 Å². The van der Waals surface area contributed by atoms with Crippen molar-refractivity contribution in [3.05, 3.63) is 30.6 Å². The first kappa shape index (κ1) is 23.4. The van der Waals surface area contributed by atoms with Gasteiger partial charge >= 0.3 is 6.09 Å². The van der Waals surface area contributed by atoms with Gasteiger partial charge in [0.05, 0.1) is 13.4 Å². The number of methoxy groups -OCH3 is 1. The van der Waals surface area contributed by atoms with Crippen molar-refractivity contribution in [3.63, 3.8) is 0 Å². The van der Waals surface area contributed by atoms with Gasteiger partial charge in [-0.1, -0.05) is 0 Å². The van der Waals surface area contributed by atoms with Crippen LogP contribution in [0.25, 0.3) is 22.4 Å². The monoisotopic (exact) mass is 478 g/mol. The zero-order valence-electron chi connectivity index (χ0n) is 21.2. The second-order valence-electron chi connectivity index (χ2n) is 10.4. The van der Waals surface area contributed by atoms with Gasteiger partial charge in [-0.2, -0.15) is 4.98 Å². The quantitative estimate of drug-likeness (QED) is 0.555. The normalized spacial score (nSPS) is 20.3. The number of aryl methyl sites for hydroxylation is 1. The minimum Gasteiger partial charge on any atom is -0.497 e. The van der Waals surface area contributed by atoms with Gasteiger partial charge in [0.2, 0.25) is 5.95 Å².